The van der Waals surface area contributed by atoms with Crippen LogP contribution in [0.2, 0.25) is 0 Å². The molecule has 1 N–H and O–H groups in total. The fraction of sp³-hybridized carbons (Fsp3) is 0.150. The Labute approximate surface area is 154 Å². The van der Waals surface area contributed by atoms with Crippen molar-refractivity contribution in [2.75, 3.05) is 17.1 Å². The molecule has 2 aromatic carbocycles. The van der Waals surface area contributed by atoms with Crippen molar-refractivity contribution in [2.45, 2.75) is 6.92 Å². The molecule has 0 aliphatic rings. The van der Waals surface area contributed by atoms with E-state index in [4.69, 9.17) is 4.74 Å². The molecular formula is C20H21NO4S. The van der Waals surface area contributed by atoms with Gasteiger partial charge in [-0.15, -0.1) is 0 Å². The molecular weight excluding hydrogens is 350 g/mol. The molecule has 0 atom stereocenters. The number of carbonyl (C=O) groups excluding carboxylic acids is 1. The van der Waals surface area contributed by atoms with E-state index < -0.39 is 10.0 Å². The van der Waals surface area contributed by atoms with Crippen LogP contribution >= 0.6 is 0 Å². The van der Waals surface area contributed by atoms with Gasteiger partial charge in [0.25, 0.3) is 0 Å². The largest absolute Gasteiger partial charge is 0.489 e. The summed E-state index contributed by atoms with van der Waals surface area (Å²) in [5, 5.41) is 0. The third-order valence-corrected chi connectivity index (χ3v) is 4.82. The maximum atomic E-state index is 12.3. The Bertz CT molecular complexity index is 900. The Morgan fingerprint density at radius 2 is 1.85 bits per heavy atom. The number of ketones is 1. The highest BCUT2D eigenvalue weighted by atomic mass is 32.2. The molecule has 0 heterocycles. The van der Waals surface area contributed by atoms with E-state index in [1.807, 2.05) is 24.3 Å². The average molecular weight is 371 g/mol. The Kier molecular flexibility index (Phi) is 6.74. The summed E-state index contributed by atoms with van der Waals surface area (Å²) in [5.41, 5.74) is 1.68. The zero-order chi connectivity index (χ0) is 19.0. The maximum Gasteiger partial charge on any atom is 0.232 e. The zero-order valence-corrected chi connectivity index (χ0v) is 15.3. The summed E-state index contributed by atoms with van der Waals surface area (Å²) in [6, 6.07) is 13.7. The number of carbonyl (C=O) groups is 1. The molecule has 0 radical (unpaired) electrons. The van der Waals surface area contributed by atoms with Gasteiger partial charge in [0.1, 0.15) is 12.4 Å². The Hall–Kier alpha value is -2.86. The van der Waals surface area contributed by atoms with Gasteiger partial charge in [0.15, 0.2) is 5.78 Å². The summed E-state index contributed by atoms with van der Waals surface area (Å²) in [6.07, 6.45) is 4.80. The van der Waals surface area contributed by atoms with E-state index in [2.05, 4.69) is 11.3 Å². The zero-order valence-electron chi connectivity index (χ0n) is 14.5. The summed E-state index contributed by atoms with van der Waals surface area (Å²) in [6.45, 7) is 5.55. The molecule has 6 heteroatoms. The molecule has 0 amide bonds. The van der Waals surface area contributed by atoms with Crippen molar-refractivity contribution in [2.24, 2.45) is 0 Å². The first-order chi connectivity index (χ1) is 12.4. The molecule has 0 aromatic heterocycles. The van der Waals surface area contributed by atoms with E-state index in [9.17, 15) is 13.2 Å². The van der Waals surface area contributed by atoms with Crippen LogP contribution in [0, 0.1) is 0 Å². The molecule has 0 spiro atoms. The highest BCUT2D eigenvalue weighted by Gasteiger charge is 2.08. The first-order valence-corrected chi connectivity index (χ1v) is 9.76. The lowest BCUT2D eigenvalue weighted by atomic mass is 10.1. The summed E-state index contributed by atoms with van der Waals surface area (Å²) in [4.78, 5) is 12.3. The summed E-state index contributed by atoms with van der Waals surface area (Å²) < 4.78 is 31.1. The van der Waals surface area contributed by atoms with Crippen molar-refractivity contribution >= 4 is 27.6 Å². The third-order valence-electron chi connectivity index (χ3n) is 3.51. The van der Waals surface area contributed by atoms with Gasteiger partial charge in [-0.3, -0.25) is 9.52 Å². The number of allylic oxidation sites excluding steroid dienone is 1. The van der Waals surface area contributed by atoms with Crippen LogP contribution in [-0.4, -0.2) is 26.6 Å². The molecule has 136 valence electrons. The second kappa shape index (κ2) is 9.01. The van der Waals surface area contributed by atoms with Crippen LogP contribution < -0.4 is 9.46 Å². The van der Waals surface area contributed by atoms with Gasteiger partial charge in [0, 0.05) is 16.8 Å². The SMILES string of the molecule is C=CCOc1ccccc1/C=C/C(=O)c1ccc(NS(=O)(=O)CC)cc1. The van der Waals surface area contributed by atoms with E-state index in [-0.39, 0.29) is 11.5 Å². The lowest BCUT2D eigenvalue weighted by Crippen LogP contribution is -2.14. The molecule has 26 heavy (non-hydrogen) atoms. The van der Waals surface area contributed by atoms with Gasteiger partial charge < -0.3 is 4.74 Å². The van der Waals surface area contributed by atoms with Crippen LogP contribution in [0.1, 0.15) is 22.8 Å². The molecule has 2 aromatic rings. The molecule has 0 saturated heterocycles. The lowest BCUT2D eigenvalue weighted by molar-refractivity contribution is 0.104. The van der Waals surface area contributed by atoms with Crippen molar-refractivity contribution in [3.63, 3.8) is 0 Å². The monoisotopic (exact) mass is 371 g/mol. The highest BCUT2D eigenvalue weighted by Crippen LogP contribution is 2.20. The number of hydrogen-bond donors (Lipinski definition) is 1. The van der Waals surface area contributed by atoms with E-state index in [0.29, 0.717) is 23.6 Å². The van der Waals surface area contributed by atoms with Crippen molar-refractivity contribution < 1.29 is 17.9 Å². The molecule has 0 unspecified atom stereocenters. The van der Waals surface area contributed by atoms with Crippen molar-refractivity contribution in [1.82, 2.24) is 0 Å². The maximum absolute atomic E-state index is 12.3. The Morgan fingerprint density at radius 1 is 1.15 bits per heavy atom. The van der Waals surface area contributed by atoms with Crippen LogP contribution in [0.15, 0.2) is 67.3 Å². The molecule has 2 rings (SSSR count). The average Bonchev–Trinajstić information content (AvgIpc) is 2.65. The van der Waals surface area contributed by atoms with Crippen LogP contribution in [0.3, 0.4) is 0 Å². The quantitative estimate of drug-likeness (QED) is 0.412. The predicted molar refractivity (Wildman–Crippen MR) is 105 cm³/mol. The minimum absolute atomic E-state index is 0.0102. The van der Waals surface area contributed by atoms with Crippen LogP contribution in [0.25, 0.3) is 6.08 Å². The lowest BCUT2D eigenvalue weighted by Gasteiger charge is -2.07. The number of sulfonamides is 1. The standard InChI is InChI=1S/C20H21NO4S/c1-3-15-25-20-8-6-5-7-17(20)11-14-19(22)16-9-12-18(13-10-16)21-26(23,24)4-2/h3,5-14,21H,1,4,15H2,2H3/b14-11+. The number of benzene rings is 2. The number of rotatable bonds is 9. The van der Waals surface area contributed by atoms with Crippen LogP contribution in [-0.2, 0) is 10.0 Å². The van der Waals surface area contributed by atoms with Crippen molar-refractivity contribution in [1.29, 1.82) is 0 Å². The number of hydrogen-bond acceptors (Lipinski definition) is 4. The van der Waals surface area contributed by atoms with Gasteiger partial charge in [0.2, 0.25) is 10.0 Å². The highest BCUT2D eigenvalue weighted by molar-refractivity contribution is 7.92. The van der Waals surface area contributed by atoms with Gasteiger partial charge in [-0.2, -0.15) is 0 Å². The molecule has 0 saturated carbocycles. The van der Waals surface area contributed by atoms with E-state index in [0.717, 1.165) is 5.56 Å². The smallest absolute Gasteiger partial charge is 0.232 e. The van der Waals surface area contributed by atoms with Gasteiger partial charge in [-0.1, -0.05) is 30.9 Å². The molecule has 5 nitrogen and oxygen atoms in total. The van der Waals surface area contributed by atoms with E-state index in [1.54, 1.807) is 43.3 Å². The van der Waals surface area contributed by atoms with Gasteiger partial charge in [0.05, 0.1) is 5.75 Å². The number of ether oxygens (including phenoxy) is 1. The summed E-state index contributed by atoms with van der Waals surface area (Å²) in [5.74, 6) is 0.471. The first kappa shape index (κ1) is 19.5. The second-order valence-electron chi connectivity index (χ2n) is 5.42. The minimum atomic E-state index is -3.33. The topological polar surface area (TPSA) is 72.5 Å². The second-order valence-corrected chi connectivity index (χ2v) is 7.43. The van der Waals surface area contributed by atoms with E-state index in [1.165, 1.54) is 6.08 Å². The van der Waals surface area contributed by atoms with Crippen molar-refractivity contribution in [3.05, 3.63) is 78.4 Å². The number of nitrogens with one attached hydrogen (secondary N) is 1. The third kappa shape index (κ3) is 5.60. The van der Waals surface area contributed by atoms with Crippen molar-refractivity contribution in [3.8, 4) is 5.75 Å². The van der Waals surface area contributed by atoms with Gasteiger partial charge in [-0.25, -0.2) is 8.42 Å². The fourth-order valence-corrected chi connectivity index (χ4v) is 2.75. The van der Waals surface area contributed by atoms with Gasteiger partial charge in [-0.05, 0) is 49.4 Å². The predicted octanol–water partition coefficient (Wildman–Crippen LogP) is 3.91. The van der Waals surface area contributed by atoms with Crippen LogP contribution in [0.5, 0.6) is 5.75 Å². The Balaban J connectivity index is 2.10. The first-order valence-electron chi connectivity index (χ1n) is 8.11. The normalized spacial score (nSPS) is 11.3. The minimum Gasteiger partial charge on any atom is -0.489 e. The fourth-order valence-electron chi connectivity index (χ4n) is 2.11. The van der Waals surface area contributed by atoms with Gasteiger partial charge >= 0.3 is 0 Å². The molecule has 0 aliphatic carbocycles. The number of para-hydroxylation sites is 1. The number of anilines is 1. The van der Waals surface area contributed by atoms with Crippen LogP contribution in [0.4, 0.5) is 5.69 Å². The molecule has 0 bridgehead atoms. The Morgan fingerprint density at radius 3 is 2.50 bits per heavy atom. The van der Waals surface area contributed by atoms with E-state index >= 15 is 0 Å². The summed E-state index contributed by atoms with van der Waals surface area (Å²) in [7, 11) is -3.33. The molecule has 0 aliphatic heterocycles. The molecule has 0 fully saturated rings. The summed E-state index contributed by atoms with van der Waals surface area (Å²) >= 11 is 0.